The number of halogens is 2. The molecule has 0 saturated carbocycles. The highest BCUT2D eigenvalue weighted by atomic mass is 32.2. The number of carbonyl (C=O) groups excluding carboxylic acids is 2. The molecule has 172 valence electrons. The van der Waals surface area contributed by atoms with E-state index in [1.54, 1.807) is 4.90 Å². The average molecular weight is 466 g/mol. The summed E-state index contributed by atoms with van der Waals surface area (Å²) in [5.41, 5.74) is 1.24. The normalized spacial score (nSPS) is 16.1. The highest BCUT2D eigenvalue weighted by Crippen LogP contribution is 2.23. The van der Waals surface area contributed by atoms with Gasteiger partial charge in [-0.1, -0.05) is 30.3 Å². The predicted octanol–water partition coefficient (Wildman–Crippen LogP) is 3.71. The molecule has 0 aliphatic carbocycles. The first-order chi connectivity index (χ1) is 15.2. The zero-order valence-electron chi connectivity index (χ0n) is 17.6. The van der Waals surface area contributed by atoms with Crippen LogP contribution in [0.2, 0.25) is 0 Å². The first-order valence-electron chi connectivity index (χ1n) is 10.3. The largest absolute Gasteiger partial charge is 0.449 e. The van der Waals surface area contributed by atoms with Crippen molar-refractivity contribution in [1.82, 2.24) is 4.90 Å². The zero-order valence-corrected chi connectivity index (χ0v) is 18.4. The van der Waals surface area contributed by atoms with Gasteiger partial charge in [0.15, 0.2) is 6.10 Å². The second-order valence-corrected chi connectivity index (χ2v) is 9.75. The van der Waals surface area contributed by atoms with Gasteiger partial charge < -0.3 is 9.64 Å². The minimum Gasteiger partial charge on any atom is -0.449 e. The van der Waals surface area contributed by atoms with Gasteiger partial charge in [0.1, 0.15) is 0 Å². The Kier molecular flexibility index (Phi) is 7.60. The molecule has 6 nitrogen and oxygen atoms in total. The van der Waals surface area contributed by atoms with Crippen molar-refractivity contribution in [2.24, 2.45) is 5.92 Å². The molecule has 1 saturated heterocycles. The highest BCUT2D eigenvalue weighted by molar-refractivity contribution is 7.91. The van der Waals surface area contributed by atoms with Gasteiger partial charge in [0.25, 0.3) is 5.91 Å². The maximum atomic E-state index is 12.7. The lowest BCUT2D eigenvalue weighted by molar-refractivity contribution is -0.141. The Morgan fingerprint density at radius 1 is 1.03 bits per heavy atom. The molecule has 0 N–H and O–H groups in total. The molecule has 1 atom stereocenters. The molecular weight excluding hydrogens is 440 g/mol. The van der Waals surface area contributed by atoms with E-state index < -0.39 is 32.6 Å². The number of hydrogen-bond acceptors (Lipinski definition) is 5. The number of amides is 1. The molecule has 2 aromatic rings. The lowest BCUT2D eigenvalue weighted by atomic mass is 9.90. The number of alkyl halides is 2. The Labute approximate surface area is 186 Å². The van der Waals surface area contributed by atoms with Crippen LogP contribution in [0.25, 0.3) is 0 Å². The molecular formula is C23H25F2NO5S. The number of sulfone groups is 1. The molecule has 1 unspecified atom stereocenters. The molecule has 3 rings (SSSR count). The van der Waals surface area contributed by atoms with Crippen LogP contribution in [0.3, 0.4) is 0 Å². The third-order valence-corrected chi connectivity index (χ3v) is 6.98. The van der Waals surface area contributed by atoms with Gasteiger partial charge in [0.2, 0.25) is 9.84 Å². The summed E-state index contributed by atoms with van der Waals surface area (Å²) in [5.74, 6) is -4.18. The van der Waals surface area contributed by atoms with Gasteiger partial charge >= 0.3 is 11.7 Å². The number of ether oxygens (including phenoxy) is 1. The number of piperidine rings is 1. The lowest BCUT2D eigenvalue weighted by Crippen LogP contribution is -2.44. The molecule has 2 aromatic carbocycles. The maximum absolute atomic E-state index is 12.7. The molecule has 1 aliphatic heterocycles. The van der Waals surface area contributed by atoms with E-state index in [4.69, 9.17) is 4.74 Å². The summed E-state index contributed by atoms with van der Waals surface area (Å²) in [7, 11) is -4.74. The van der Waals surface area contributed by atoms with E-state index in [9.17, 15) is 26.8 Å². The van der Waals surface area contributed by atoms with Gasteiger partial charge in [0.05, 0.1) is 10.5 Å². The van der Waals surface area contributed by atoms with Gasteiger partial charge in [-0.2, -0.15) is 8.78 Å². The van der Waals surface area contributed by atoms with E-state index in [-0.39, 0.29) is 11.5 Å². The van der Waals surface area contributed by atoms with Crippen LogP contribution in [0, 0.1) is 5.92 Å². The van der Waals surface area contributed by atoms with Gasteiger partial charge in [0, 0.05) is 13.1 Å². The fraction of sp³-hybridized carbons (Fsp3) is 0.391. The van der Waals surface area contributed by atoms with Crippen molar-refractivity contribution in [3.63, 3.8) is 0 Å². The Hall–Kier alpha value is -2.81. The van der Waals surface area contributed by atoms with Gasteiger partial charge in [-0.15, -0.1) is 0 Å². The molecule has 0 bridgehead atoms. The van der Waals surface area contributed by atoms with Crippen LogP contribution in [-0.4, -0.2) is 50.1 Å². The quantitative estimate of drug-likeness (QED) is 0.583. The van der Waals surface area contributed by atoms with E-state index in [2.05, 4.69) is 12.1 Å². The van der Waals surface area contributed by atoms with Crippen molar-refractivity contribution >= 4 is 21.7 Å². The fourth-order valence-electron chi connectivity index (χ4n) is 3.72. The average Bonchev–Trinajstić information content (AvgIpc) is 2.79. The van der Waals surface area contributed by atoms with Crippen LogP contribution in [0.1, 0.15) is 35.7 Å². The fourth-order valence-corrected chi connectivity index (χ4v) is 4.45. The topological polar surface area (TPSA) is 80.8 Å². The Balaban J connectivity index is 1.51. The SMILES string of the molecule is CC(OC(=O)c1ccc(S(=O)(=O)C(F)F)cc1)C(=O)N1CCC(Cc2ccccc2)CC1. The second kappa shape index (κ2) is 10.2. The molecule has 1 aliphatic rings. The van der Waals surface area contributed by atoms with Crippen molar-refractivity contribution in [1.29, 1.82) is 0 Å². The predicted molar refractivity (Wildman–Crippen MR) is 114 cm³/mol. The van der Waals surface area contributed by atoms with Crippen LogP contribution in [-0.2, 0) is 25.8 Å². The van der Waals surface area contributed by atoms with Gasteiger partial charge in [-0.3, -0.25) is 4.79 Å². The van der Waals surface area contributed by atoms with Crippen LogP contribution in [0.15, 0.2) is 59.5 Å². The smallest absolute Gasteiger partial charge is 0.341 e. The molecule has 0 spiro atoms. The third-order valence-electron chi connectivity index (χ3n) is 5.58. The third kappa shape index (κ3) is 5.70. The number of likely N-dealkylation sites (tertiary alicyclic amines) is 1. The Morgan fingerprint density at radius 2 is 1.62 bits per heavy atom. The summed E-state index contributed by atoms with van der Waals surface area (Å²) < 4.78 is 53.4. The van der Waals surface area contributed by atoms with Crippen LogP contribution in [0.5, 0.6) is 0 Å². The number of hydrogen-bond donors (Lipinski definition) is 0. The molecule has 1 amide bonds. The molecule has 9 heteroatoms. The maximum Gasteiger partial charge on any atom is 0.341 e. The highest BCUT2D eigenvalue weighted by Gasteiger charge is 2.29. The first-order valence-corrected chi connectivity index (χ1v) is 11.9. The monoisotopic (exact) mass is 465 g/mol. The van der Waals surface area contributed by atoms with Crippen molar-refractivity contribution in [3.8, 4) is 0 Å². The number of esters is 1. The van der Waals surface area contributed by atoms with Gasteiger partial charge in [-0.05, 0) is 61.9 Å². The van der Waals surface area contributed by atoms with Crippen molar-refractivity contribution in [3.05, 3.63) is 65.7 Å². The minimum absolute atomic E-state index is 0.0283. The standard InChI is InChI=1S/C23H25F2NO5S/c1-16(31-22(28)19-7-9-20(10-8-19)32(29,30)23(24)25)21(27)26-13-11-18(12-14-26)15-17-5-3-2-4-6-17/h2-10,16,18,23H,11-15H2,1H3. The van der Waals surface area contributed by atoms with Crippen molar-refractivity contribution in [2.75, 3.05) is 13.1 Å². The van der Waals surface area contributed by atoms with E-state index in [1.165, 1.54) is 12.5 Å². The minimum atomic E-state index is -4.74. The number of benzene rings is 2. The van der Waals surface area contributed by atoms with Gasteiger partial charge in [-0.25, -0.2) is 13.2 Å². The van der Waals surface area contributed by atoms with Crippen molar-refractivity contribution in [2.45, 2.75) is 42.9 Å². The first kappa shape index (κ1) is 23.8. The number of carbonyl (C=O) groups is 2. The second-order valence-electron chi connectivity index (χ2n) is 7.84. The Bertz CT molecular complexity index is 1030. The zero-order chi connectivity index (χ0) is 23.3. The van der Waals surface area contributed by atoms with Crippen molar-refractivity contribution < 1.29 is 31.5 Å². The summed E-state index contributed by atoms with van der Waals surface area (Å²) in [5, 5.41) is 0. The summed E-state index contributed by atoms with van der Waals surface area (Å²) in [6, 6.07) is 14.2. The van der Waals surface area contributed by atoms with E-state index in [0.29, 0.717) is 19.0 Å². The summed E-state index contributed by atoms with van der Waals surface area (Å²) >= 11 is 0. The molecule has 0 radical (unpaired) electrons. The Morgan fingerprint density at radius 3 is 2.19 bits per heavy atom. The number of nitrogens with zero attached hydrogens (tertiary/aromatic N) is 1. The van der Waals surface area contributed by atoms with Crippen LogP contribution >= 0.6 is 0 Å². The molecule has 1 fully saturated rings. The molecule has 32 heavy (non-hydrogen) atoms. The lowest BCUT2D eigenvalue weighted by Gasteiger charge is -2.33. The molecule has 1 heterocycles. The summed E-state index contributed by atoms with van der Waals surface area (Å²) in [6.45, 7) is 2.64. The van der Waals surface area contributed by atoms with E-state index in [0.717, 1.165) is 43.5 Å². The summed E-state index contributed by atoms with van der Waals surface area (Å²) in [4.78, 5) is 26.1. The molecule has 0 aromatic heterocycles. The van der Waals surface area contributed by atoms with E-state index >= 15 is 0 Å². The van der Waals surface area contributed by atoms with E-state index in [1.807, 2.05) is 18.2 Å². The van der Waals surface area contributed by atoms with Crippen LogP contribution in [0.4, 0.5) is 8.78 Å². The summed E-state index contributed by atoms with van der Waals surface area (Å²) in [6.07, 6.45) is 1.67. The van der Waals surface area contributed by atoms with Crippen LogP contribution < -0.4 is 0 Å². The number of rotatable bonds is 7.